The van der Waals surface area contributed by atoms with Crippen LogP contribution in [-0.4, -0.2) is 41.7 Å². The molecule has 3 rings (SSSR count). The lowest BCUT2D eigenvalue weighted by Gasteiger charge is -2.26. The summed E-state index contributed by atoms with van der Waals surface area (Å²) >= 11 is 0. The van der Waals surface area contributed by atoms with Crippen molar-refractivity contribution in [2.75, 3.05) is 19.8 Å². The minimum absolute atomic E-state index is 0.0885. The molecule has 0 heterocycles. The van der Waals surface area contributed by atoms with Crippen LogP contribution in [0.5, 0.6) is 0 Å². The van der Waals surface area contributed by atoms with E-state index < -0.39 is 0 Å². The van der Waals surface area contributed by atoms with Crippen molar-refractivity contribution in [1.82, 2.24) is 0 Å². The fraction of sp³-hybridized carbons (Fsp3) is 0.714. The Morgan fingerprint density at radius 2 is 2.16 bits per heavy atom. The Bertz CT molecular complexity index is 574. The van der Waals surface area contributed by atoms with E-state index in [1.54, 1.807) is 6.92 Å². The number of ether oxygens (including phenoxy) is 1. The van der Waals surface area contributed by atoms with Gasteiger partial charge in [-0.25, -0.2) is 0 Å². The fourth-order valence-corrected chi connectivity index (χ4v) is 4.34. The minimum atomic E-state index is -0.380. The maximum absolute atomic E-state index is 9.48. The number of aryl methyl sites for hydroxylation is 1. The van der Waals surface area contributed by atoms with Crippen LogP contribution in [0.2, 0.25) is 0 Å². The number of aliphatic hydroxyl groups excluding tert-OH is 2. The first-order chi connectivity index (χ1) is 12.0. The maximum atomic E-state index is 9.48. The van der Waals surface area contributed by atoms with Crippen molar-refractivity contribution in [2.45, 2.75) is 69.4 Å². The molecule has 4 heteroatoms. The Morgan fingerprint density at radius 3 is 2.88 bits per heavy atom. The molecule has 2 unspecified atom stereocenters. The molecule has 2 aliphatic rings. The summed E-state index contributed by atoms with van der Waals surface area (Å²) in [4.78, 5) is 0. The second kappa shape index (κ2) is 8.17. The Balaban J connectivity index is 1.55. The van der Waals surface area contributed by atoms with Gasteiger partial charge in [-0.15, -0.1) is 0 Å². The molecule has 4 atom stereocenters. The fourth-order valence-electron chi connectivity index (χ4n) is 4.34. The number of benzene rings is 1. The lowest BCUT2D eigenvalue weighted by Crippen LogP contribution is -2.40. The summed E-state index contributed by atoms with van der Waals surface area (Å²) in [5.41, 5.74) is 10.2. The number of hydrogen-bond donors (Lipinski definition) is 3. The molecule has 4 nitrogen and oxygen atoms in total. The van der Waals surface area contributed by atoms with Gasteiger partial charge in [0.05, 0.1) is 12.7 Å². The van der Waals surface area contributed by atoms with Gasteiger partial charge in [-0.2, -0.15) is 0 Å². The van der Waals surface area contributed by atoms with E-state index in [0.717, 1.165) is 38.7 Å². The Morgan fingerprint density at radius 1 is 1.32 bits per heavy atom. The van der Waals surface area contributed by atoms with E-state index >= 15 is 0 Å². The monoisotopic (exact) mass is 347 g/mol. The van der Waals surface area contributed by atoms with Gasteiger partial charge >= 0.3 is 0 Å². The van der Waals surface area contributed by atoms with E-state index in [-0.39, 0.29) is 18.2 Å². The summed E-state index contributed by atoms with van der Waals surface area (Å²) in [6, 6.07) is 6.94. The van der Waals surface area contributed by atoms with Gasteiger partial charge in [0, 0.05) is 18.8 Å². The standard InChI is InChI=1S/C21H33NO3/c1-15(24)7-9-25-13-16-2-3-18-11-19(5-4-17(18)10-16)20-6-8-21(22,12-20)14-23/h4-5,11,15-16,20,23-24H,2-3,6-10,12-14,22H2,1H3/t15?,16?,20-,21+/m0/s1. The second-order valence-corrected chi connectivity index (χ2v) is 8.31. The van der Waals surface area contributed by atoms with E-state index in [2.05, 4.69) is 18.2 Å². The van der Waals surface area contributed by atoms with Crippen molar-refractivity contribution in [3.63, 3.8) is 0 Å². The van der Waals surface area contributed by atoms with Gasteiger partial charge in [-0.05, 0) is 80.4 Å². The highest BCUT2D eigenvalue weighted by molar-refractivity contribution is 5.36. The van der Waals surface area contributed by atoms with Crippen LogP contribution < -0.4 is 5.73 Å². The predicted molar refractivity (Wildman–Crippen MR) is 99.7 cm³/mol. The zero-order valence-corrected chi connectivity index (χ0v) is 15.4. The zero-order chi connectivity index (χ0) is 17.9. The smallest absolute Gasteiger partial charge is 0.0611 e. The van der Waals surface area contributed by atoms with Gasteiger partial charge in [0.25, 0.3) is 0 Å². The lowest BCUT2D eigenvalue weighted by molar-refractivity contribution is 0.0648. The Labute approximate surface area is 151 Å². The highest BCUT2D eigenvalue weighted by atomic mass is 16.5. The molecule has 0 saturated heterocycles. The molecular weight excluding hydrogens is 314 g/mol. The molecule has 0 aliphatic heterocycles. The third kappa shape index (κ3) is 4.82. The SMILES string of the molecule is CC(O)CCOCC1CCc2cc([C@H]3CC[C@](N)(CO)C3)ccc2C1. The molecule has 4 N–H and O–H groups in total. The van der Waals surface area contributed by atoms with Crippen LogP contribution >= 0.6 is 0 Å². The molecule has 25 heavy (non-hydrogen) atoms. The first-order valence-corrected chi connectivity index (χ1v) is 9.76. The molecule has 1 aromatic carbocycles. The van der Waals surface area contributed by atoms with Crippen molar-refractivity contribution in [3.8, 4) is 0 Å². The Hall–Kier alpha value is -0.940. The summed E-state index contributed by atoms with van der Waals surface area (Å²) in [6.07, 6.45) is 6.70. The third-order valence-corrected chi connectivity index (χ3v) is 6.02. The van der Waals surface area contributed by atoms with Crippen molar-refractivity contribution in [2.24, 2.45) is 11.7 Å². The van der Waals surface area contributed by atoms with Gasteiger partial charge in [-0.3, -0.25) is 0 Å². The summed E-state index contributed by atoms with van der Waals surface area (Å²) in [6.45, 7) is 3.33. The molecule has 1 aromatic rings. The van der Waals surface area contributed by atoms with Crippen LogP contribution in [0, 0.1) is 5.92 Å². The highest BCUT2D eigenvalue weighted by Crippen LogP contribution is 2.40. The van der Waals surface area contributed by atoms with E-state index in [9.17, 15) is 10.2 Å². The van der Waals surface area contributed by atoms with Crippen LogP contribution in [0.15, 0.2) is 18.2 Å². The van der Waals surface area contributed by atoms with Crippen molar-refractivity contribution < 1.29 is 14.9 Å². The summed E-state index contributed by atoms with van der Waals surface area (Å²) in [7, 11) is 0. The number of aliphatic hydroxyl groups is 2. The first kappa shape index (κ1) is 18.8. The van der Waals surface area contributed by atoms with Gasteiger partial charge in [-0.1, -0.05) is 18.2 Å². The molecule has 1 saturated carbocycles. The number of fused-ring (bicyclic) bond motifs is 1. The topological polar surface area (TPSA) is 75.7 Å². The number of rotatable bonds is 7. The molecule has 2 aliphatic carbocycles. The van der Waals surface area contributed by atoms with Gasteiger partial charge in [0.2, 0.25) is 0 Å². The van der Waals surface area contributed by atoms with Crippen molar-refractivity contribution in [1.29, 1.82) is 0 Å². The van der Waals surface area contributed by atoms with Crippen LogP contribution in [0.1, 0.15) is 61.6 Å². The molecule has 0 bridgehead atoms. The number of hydrogen-bond acceptors (Lipinski definition) is 4. The largest absolute Gasteiger partial charge is 0.394 e. The van der Waals surface area contributed by atoms with Gasteiger partial charge < -0.3 is 20.7 Å². The number of nitrogens with two attached hydrogens (primary N) is 1. The van der Waals surface area contributed by atoms with Crippen molar-refractivity contribution >= 4 is 0 Å². The van der Waals surface area contributed by atoms with E-state index in [1.165, 1.54) is 23.1 Å². The molecule has 0 spiro atoms. The summed E-state index contributed by atoms with van der Waals surface area (Å²) in [5.74, 6) is 1.08. The van der Waals surface area contributed by atoms with E-state index in [0.29, 0.717) is 24.9 Å². The lowest BCUT2D eigenvalue weighted by atomic mass is 9.82. The van der Waals surface area contributed by atoms with E-state index in [1.807, 2.05) is 0 Å². The van der Waals surface area contributed by atoms with Crippen LogP contribution in [0.3, 0.4) is 0 Å². The quantitative estimate of drug-likeness (QED) is 0.663. The molecule has 0 radical (unpaired) electrons. The highest BCUT2D eigenvalue weighted by Gasteiger charge is 2.36. The summed E-state index contributed by atoms with van der Waals surface area (Å²) in [5, 5.41) is 18.8. The molecule has 1 fully saturated rings. The Kier molecular flexibility index (Phi) is 6.16. The third-order valence-electron chi connectivity index (χ3n) is 6.02. The zero-order valence-electron chi connectivity index (χ0n) is 15.4. The van der Waals surface area contributed by atoms with Gasteiger partial charge in [0.1, 0.15) is 0 Å². The minimum Gasteiger partial charge on any atom is -0.394 e. The van der Waals surface area contributed by atoms with Crippen LogP contribution in [-0.2, 0) is 17.6 Å². The molecular formula is C21H33NO3. The van der Waals surface area contributed by atoms with Crippen LogP contribution in [0.25, 0.3) is 0 Å². The predicted octanol–water partition coefficient (Wildman–Crippen LogP) is 2.54. The normalized spacial score (nSPS) is 30.2. The average molecular weight is 347 g/mol. The molecule has 140 valence electrons. The van der Waals surface area contributed by atoms with Gasteiger partial charge in [0.15, 0.2) is 0 Å². The average Bonchev–Trinajstić information content (AvgIpc) is 3.01. The second-order valence-electron chi connectivity index (χ2n) is 8.31. The molecule has 0 amide bonds. The first-order valence-electron chi connectivity index (χ1n) is 9.76. The summed E-state index contributed by atoms with van der Waals surface area (Å²) < 4.78 is 5.74. The maximum Gasteiger partial charge on any atom is 0.0611 e. The van der Waals surface area contributed by atoms with Crippen LogP contribution in [0.4, 0.5) is 0 Å². The molecule has 0 aromatic heterocycles. The van der Waals surface area contributed by atoms with Crippen molar-refractivity contribution in [3.05, 3.63) is 34.9 Å². The van der Waals surface area contributed by atoms with E-state index in [4.69, 9.17) is 10.5 Å².